The fourth-order valence-electron chi connectivity index (χ4n) is 0.803. The van der Waals surface area contributed by atoms with Crippen LogP contribution in [0.1, 0.15) is 0 Å². The highest BCUT2D eigenvalue weighted by atomic mass is 15.2. The van der Waals surface area contributed by atoms with Crippen LogP contribution in [-0.4, -0.2) is 19.7 Å². The quantitative estimate of drug-likeness (QED) is 0.585. The second-order valence-corrected chi connectivity index (χ2v) is 2.01. The highest BCUT2D eigenvalue weighted by Gasteiger charge is 1.91. The predicted octanol–water partition coefficient (Wildman–Crippen LogP) is 0.462. The Bertz CT molecular complexity index is 313. The number of rotatable bonds is 1. The molecule has 0 aliphatic carbocycles. The molecule has 4 heteroatoms. The van der Waals surface area contributed by atoms with Crippen LogP contribution in [0.15, 0.2) is 31.0 Å². The zero-order valence-electron chi connectivity index (χ0n) is 5.68. The Morgan fingerprint density at radius 1 is 1.27 bits per heavy atom. The van der Waals surface area contributed by atoms with E-state index in [-0.39, 0.29) is 0 Å². The van der Waals surface area contributed by atoms with Crippen LogP contribution in [0.3, 0.4) is 0 Å². The fraction of sp³-hybridized carbons (Fsp3) is 0. The summed E-state index contributed by atoms with van der Waals surface area (Å²) in [5, 5.41) is 7.35. The highest BCUT2D eigenvalue weighted by Crippen LogP contribution is 2.01. The summed E-state index contributed by atoms with van der Waals surface area (Å²) in [7, 11) is 0. The Kier molecular flexibility index (Phi) is 1.37. The molecule has 2 heterocycles. The van der Waals surface area contributed by atoms with Crippen LogP contribution in [0.2, 0.25) is 0 Å². The Balaban J connectivity index is 2.46. The second-order valence-electron chi connectivity index (χ2n) is 2.01. The molecule has 11 heavy (non-hydrogen) atoms. The van der Waals surface area contributed by atoms with E-state index in [2.05, 4.69) is 21.4 Å². The van der Waals surface area contributed by atoms with Gasteiger partial charge in [-0.1, -0.05) is 0 Å². The van der Waals surface area contributed by atoms with Crippen LogP contribution >= 0.6 is 0 Å². The molecule has 0 aliphatic heterocycles. The molecule has 0 fully saturated rings. The first-order valence-corrected chi connectivity index (χ1v) is 3.14. The summed E-state index contributed by atoms with van der Waals surface area (Å²) in [4.78, 5) is 3.78. The molecular formula is C7H5N4. The van der Waals surface area contributed by atoms with E-state index >= 15 is 0 Å². The number of aromatic nitrogens is 4. The molecule has 0 N–H and O–H groups in total. The lowest BCUT2D eigenvalue weighted by Gasteiger charge is -1.96. The minimum absolute atomic E-state index is 0.963. The normalized spacial score (nSPS) is 9.82. The van der Waals surface area contributed by atoms with Crippen molar-refractivity contribution in [3.8, 4) is 5.69 Å². The molecule has 0 aromatic carbocycles. The van der Waals surface area contributed by atoms with E-state index in [0.717, 1.165) is 5.69 Å². The zero-order chi connectivity index (χ0) is 7.52. The molecule has 0 atom stereocenters. The maximum absolute atomic E-state index is 3.78. The van der Waals surface area contributed by atoms with Crippen molar-refractivity contribution in [1.29, 1.82) is 0 Å². The molecule has 0 saturated carbocycles. The number of hydrogen-bond acceptors (Lipinski definition) is 3. The lowest BCUT2D eigenvalue weighted by atomic mass is 10.4. The lowest BCUT2D eigenvalue weighted by Crippen LogP contribution is -1.88. The van der Waals surface area contributed by atoms with Gasteiger partial charge in [0.05, 0.1) is 11.9 Å². The summed E-state index contributed by atoms with van der Waals surface area (Å²) >= 11 is 0. The minimum Gasteiger partial charge on any atom is -0.288 e. The van der Waals surface area contributed by atoms with Gasteiger partial charge >= 0.3 is 0 Å². The Hall–Kier alpha value is -1.71. The zero-order valence-corrected chi connectivity index (χ0v) is 5.68. The predicted molar refractivity (Wildman–Crippen MR) is 38.0 cm³/mol. The average molecular weight is 145 g/mol. The van der Waals surface area contributed by atoms with Crippen LogP contribution in [0.5, 0.6) is 0 Å². The van der Waals surface area contributed by atoms with Gasteiger partial charge in [-0.3, -0.25) is 9.55 Å². The minimum atomic E-state index is 0.963. The molecule has 0 aliphatic rings. The first kappa shape index (κ1) is 6.03. The first-order valence-electron chi connectivity index (χ1n) is 3.14. The van der Waals surface area contributed by atoms with E-state index in [4.69, 9.17) is 0 Å². The molecule has 1 radical (unpaired) electrons. The van der Waals surface area contributed by atoms with Crippen molar-refractivity contribution in [3.05, 3.63) is 37.2 Å². The van der Waals surface area contributed by atoms with Crippen LogP contribution in [0.25, 0.3) is 5.69 Å². The van der Waals surface area contributed by atoms with E-state index in [9.17, 15) is 0 Å². The molecule has 2 rings (SSSR count). The van der Waals surface area contributed by atoms with E-state index < -0.39 is 0 Å². The molecule has 2 aromatic heterocycles. The smallest absolute Gasteiger partial charge is 0.123 e. The number of hydrogen-bond donors (Lipinski definition) is 0. The van der Waals surface area contributed by atoms with Gasteiger partial charge in [-0.2, -0.15) is 0 Å². The van der Waals surface area contributed by atoms with Crippen LogP contribution < -0.4 is 0 Å². The first-order chi connectivity index (χ1) is 5.47. The SMILES string of the molecule is [c]1cc(-n2cnnc2)ccn1. The molecular weight excluding hydrogens is 140 g/mol. The maximum Gasteiger partial charge on any atom is 0.123 e. The van der Waals surface area contributed by atoms with Crippen molar-refractivity contribution in [2.75, 3.05) is 0 Å². The molecule has 0 spiro atoms. The van der Waals surface area contributed by atoms with E-state index in [1.807, 2.05) is 6.07 Å². The Morgan fingerprint density at radius 2 is 2.09 bits per heavy atom. The summed E-state index contributed by atoms with van der Waals surface area (Å²) in [5.74, 6) is 0. The van der Waals surface area contributed by atoms with Gasteiger partial charge in [-0.05, 0) is 12.1 Å². The summed E-state index contributed by atoms with van der Waals surface area (Å²) in [6.45, 7) is 0. The van der Waals surface area contributed by atoms with E-state index in [1.165, 1.54) is 0 Å². The fourth-order valence-corrected chi connectivity index (χ4v) is 0.803. The summed E-state index contributed by atoms with van der Waals surface area (Å²) < 4.78 is 1.79. The van der Waals surface area contributed by atoms with Crippen LogP contribution in [0.4, 0.5) is 0 Å². The third-order valence-electron chi connectivity index (χ3n) is 1.32. The maximum atomic E-state index is 3.78. The summed E-state index contributed by atoms with van der Waals surface area (Å²) in [6.07, 6.45) is 7.66. The molecule has 0 saturated heterocycles. The van der Waals surface area contributed by atoms with Crippen molar-refractivity contribution < 1.29 is 0 Å². The molecule has 2 aromatic rings. The van der Waals surface area contributed by atoms with Gasteiger partial charge in [0.25, 0.3) is 0 Å². The van der Waals surface area contributed by atoms with E-state index in [1.54, 1.807) is 29.5 Å². The van der Waals surface area contributed by atoms with Gasteiger partial charge in [-0.25, -0.2) is 0 Å². The van der Waals surface area contributed by atoms with Crippen molar-refractivity contribution in [3.63, 3.8) is 0 Å². The van der Waals surface area contributed by atoms with Crippen LogP contribution in [-0.2, 0) is 0 Å². The largest absolute Gasteiger partial charge is 0.288 e. The van der Waals surface area contributed by atoms with Gasteiger partial charge in [0.1, 0.15) is 12.7 Å². The lowest BCUT2D eigenvalue weighted by molar-refractivity contribution is 1.04. The van der Waals surface area contributed by atoms with Gasteiger partial charge in [0.15, 0.2) is 0 Å². The van der Waals surface area contributed by atoms with Gasteiger partial charge in [0.2, 0.25) is 0 Å². The van der Waals surface area contributed by atoms with Gasteiger partial charge < -0.3 is 0 Å². The van der Waals surface area contributed by atoms with Crippen molar-refractivity contribution >= 4 is 0 Å². The third-order valence-corrected chi connectivity index (χ3v) is 1.32. The third kappa shape index (κ3) is 1.10. The summed E-state index contributed by atoms with van der Waals surface area (Å²) in [6, 6.07) is 3.63. The Morgan fingerprint density at radius 3 is 2.73 bits per heavy atom. The molecule has 0 amide bonds. The van der Waals surface area contributed by atoms with Crippen molar-refractivity contribution in [1.82, 2.24) is 19.7 Å². The monoisotopic (exact) mass is 145 g/mol. The molecule has 0 bridgehead atoms. The van der Waals surface area contributed by atoms with E-state index in [0.29, 0.717) is 0 Å². The van der Waals surface area contributed by atoms with Gasteiger partial charge in [0, 0.05) is 6.20 Å². The average Bonchev–Trinajstić information content (AvgIpc) is 2.58. The molecule has 0 unspecified atom stereocenters. The summed E-state index contributed by atoms with van der Waals surface area (Å²) in [5.41, 5.74) is 0.963. The number of pyridine rings is 1. The van der Waals surface area contributed by atoms with Gasteiger partial charge in [-0.15, -0.1) is 10.2 Å². The standard InChI is InChI=1S/C7H5N4/c1-3-8-4-2-7(1)11-5-9-10-6-11/h1-3,5-6H. The number of nitrogens with zero attached hydrogens (tertiary/aromatic N) is 4. The van der Waals surface area contributed by atoms with Crippen LogP contribution in [0, 0.1) is 6.20 Å². The topological polar surface area (TPSA) is 43.6 Å². The molecule has 53 valence electrons. The second kappa shape index (κ2) is 2.49. The van der Waals surface area contributed by atoms with Crippen molar-refractivity contribution in [2.45, 2.75) is 0 Å². The van der Waals surface area contributed by atoms with Crippen molar-refractivity contribution in [2.24, 2.45) is 0 Å². The Labute approximate surface area is 63.5 Å². The highest BCUT2D eigenvalue weighted by molar-refractivity contribution is 5.26. The molecule has 4 nitrogen and oxygen atoms in total.